The molecule has 0 radical (unpaired) electrons. The van der Waals surface area contributed by atoms with Crippen molar-refractivity contribution < 1.29 is 19.1 Å². The number of piperidine rings is 1. The third-order valence-electron chi connectivity index (χ3n) is 8.23. The summed E-state index contributed by atoms with van der Waals surface area (Å²) >= 11 is 0. The summed E-state index contributed by atoms with van der Waals surface area (Å²) in [4.78, 5) is 37.6. The Balaban J connectivity index is 0.000000222. The number of hydrogen-bond donors (Lipinski definition) is 2. The van der Waals surface area contributed by atoms with Crippen LogP contribution in [0, 0.1) is 11.8 Å². The van der Waals surface area contributed by atoms with E-state index >= 15 is 0 Å². The number of fused-ring (bicyclic) bond motifs is 1. The standard InChI is InChI=1S/C19H22N2O4.C8H15N/c22-17-9-8-16(18(23)20-17)21-11-12-10-14(6-7-15(12)19(21)24)25-13-4-2-1-3-5-13;1-2-4-7(3-1)8-5-9-6-8/h6-7,10,13,16H,1-5,8-9,11H2,(H,20,22,23);7-9H,1-6H2. The van der Waals surface area contributed by atoms with Gasteiger partial charge in [-0.1, -0.05) is 32.1 Å². The molecule has 3 aliphatic heterocycles. The largest absolute Gasteiger partial charge is 0.490 e. The molecule has 1 atom stereocenters. The van der Waals surface area contributed by atoms with E-state index in [2.05, 4.69) is 10.6 Å². The molecule has 1 unspecified atom stereocenters. The highest BCUT2D eigenvalue weighted by atomic mass is 16.5. The molecule has 5 aliphatic rings. The quantitative estimate of drug-likeness (QED) is 0.661. The molecular weight excluding hydrogens is 430 g/mol. The van der Waals surface area contributed by atoms with Crippen molar-refractivity contribution in [2.45, 2.75) is 89.3 Å². The third-order valence-corrected chi connectivity index (χ3v) is 8.23. The highest BCUT2D eigenvalue weighted by Crippen LogP contribution is 2.33. The zero-order valence-electron chi connectivity index (χ0n) is 20.0. The third kappa shape index (κ3) is 5.14. The zero-order chi connectivity index (χ0) is 23.5. The van der Waals surface area contributed by atoms with Crippen LogP contribution in [-0.4, -0.2) is 47.9 Å². The van der Waals surface area contributed by atoms with Gasteiger partial charge in [-0.2, -0.15) is 0 Å². The summed E-state index contributed by atoms with van der Waals surface area (Å²) < 4.78 is 6.08. The van der Waals surface area contributed by atoms with Gasteiger partial charge in [0, 0.05) is 18.5 Å². The lowest BCUT2D eigenvalue weighted by Crippen LogP contribution is -2.52. The first-order valence-corrected chi connectivity index (χ1v) is 13.2. The van der Waals surface area contributed by atoms with E-state index in [1.807, 2.05) is 12.1 Å². The van der Waals surface area contributed by atoms with Crippen LogP contribution in [0.3, 0.4) is 0 Å². The Hall–Kier alpha value is -2.41. The van der Waals surface area contributed by atoms with Crippen LogP contribution in [0.25, 0.3) is 0 Å². The summed E-state index contributed by atoms with van der Waals surface area (Å²) in [7, 11) is 0. The number of amides is 3. The molecule has 2 saturated heterocycles. The molecule has 2 saturated carbocycles. The maximum absolute atomic E-state index is 12.6. The molecule has 3 heterocycles. The number of ether oxygens (including phenoxy) is 1. The lowest BCUT2D eigenvalue weighted by atomic mass is 9.86. The molecule has 3 amide bonds. The summed E-state index contributed by atoms with van der Waals surface area (Å²) in [5.74, 6) is 2.17. The van der Waals surface area contributed by atoms with Crippen molar-refractivity contribution in [1.82, 2.24) is 15.5 Å². The van der Waals surface area contributed by atoms with Gasteiger partial charge in [0.15, 0.2) is 0 Å². The zero-order valence-corrected chi connectivity index (χ0v) is 20.0. The molecule has 2 aliphatic carbocycles. The summed E-state index contributed by atoms with van der Waals surface area (Å²) in [6, 6.07) is 5.00. The first-order valence-electron chi connectivity index (χ1n) is 13.2. The molecular formula is C27H37N3O4. The lowest BCUT2D eigenvalue weighted by Gasteiger charge is -2.32. The minimum atomic E-state index is -0.569. The van der Waals surface area contributed by atoms with E-state index in [0.29, 0.717) is 18.5 Å². The second kappa shape index (κ2) is 10.5. The van der Waals surface area contributed by atoms with Crippen LogP contribution in [0.1, 0.15) is 86.6 Å². The second-order valence-corrected chi connectivity index (χ2v) is 10.6. The monoisotopic (exact) mass is 467 g/mol. The highest BCUT2D eigenvalue weighted by molar-refractivity contribution is 6.05. The molecule has 184 valence electrons. The van der Waals surface area contributed by atoms with Gasteiger partial charge >= 0.3 is 0 Å². The summed E-state index contributed by atoms with van der Waals surface area (Å²) in [5, 5.41) is 5.66. The molecule has 7 nitrogen and oxygen atoms in total. The van der Waals surface area contributed by atoms with Crippen LogP contribution in [0.2, 0.25) is 0 Å². The van der Waals surface area contributed by atoms with Crippen LogP contribution >= 0.6 is 0 Å². The number of nitrogens with zero attached hydrogens (tertiary/aromatic N) is 1. The second-order valence-electron chi connectivity index (χ2n) is 10.6. The molecule has 0 bridgehead atoms. The Labute approximate surface area is 202 Å². The number of rotatable bonds is 4. The Morgan fingerprint density at radius 1 is 0.853 bits per heavy atom. The predicted octanol–water partition coefficient (Wildman–Crippen LogP) is 3.56. The van der Waals surface area contributed by atoms with Crippen molar-refractivity contribution in [2.75, 3.05) is 13.1 Å². The maximum Gasteiger partial charge on any atom is 0.255 e. The molecule has 7 heteroatoms. The Bertz CT molecular complexity index is 916. The summed E-state index contributed by atoms with van der Waals surface area (Å²) in [6.45, 7) is 3.01. The Morgan fingerprint density at radius 3 is 2.26 bits per heavy atom. The fraction of sp³-hybridized carbons (Fsp3) is 0.667. The van der Waals surface area contributed by atoms with Crippen molar-refractivity contribution in [2.24, 2.45) is 11.8 Å². The predicted molar refractivity (Wildman–Crippen MR) is 128 cm³/mol. The van der Waals surface area contributed by atoms with E-state index < -0.39 is 6.04 Å². The first-order chi connectivity index (χ1) is 16.6. The fourth-order valence-electron chi connectivity index (χ4n) is 6.07. The molecule has 6 rings (SSSR count). The minimum absolute atomic E-state index is 0.145. The van der Waals surface area contributed by atoms with E-state index in [4.69, 9.17) is 4.74 Å². The molecule has 34 heavy (non-hydrogen) atoms. The van der Waals surface area contributed by atoms with Gasteiger partial charge in [-0.25, -0.2) is 0 Å². The molecule has 1 aromatic carbocycles. The normalized spacial score (nSPS) is 25.9. The molecule has 1 aromatic rings. The molecule has 4 fully saturated rings. The number of nitrogens with one attached hydrogen (secondary N) is 2. The van der Waals surface area contributed by atoms with Gasteiger partial charge in [0.1, 0.15) is 11.8 Å². The summed E-state index contributed by atoms with van der Waals surface area (Å²) in [5.41, 5.74) is 1.52. The van der Waals surface area contributed by atoms with E-state index in [-0.39, 0.29) is 30.2 Å². The number of imide groups is 1. The number of carbonyl (C=O) groups excluding carboxylic acids is 3. The molecule has 2 N–H and O–H groups in total. The van der Waals surface area contributed by atoms with Gasteiger partial charge in [-0.3, -0.25) is 19.7 Å². The van der Waals surface area contributed by atoms with Crippen LogP contribution in [0.4, 0.5) is 0 Å². The van der Waals surface area contributed by atoms with Gasteiger partial charge in [0.05, 0.1) is 6.10 Å². The van der Waals surface area contributed by atoms with Crippen LogP contribution in [-0.2, 0) is 16.1 Å². The average molecular weight is 468 g/mol. The first kappa shape index (κ1) is 23.3. The van der Waals surface area contributed by atoms with Crippen molar-refractivity contribution >= 4 is 17.7 Å². The number of hydrogen-bond acceptors (Lipinski definition) is 5. The van der Waals surface area contributed by atoms with E-state index in [0.717, 1.165) is 36.0 Å². The summed E-state index contributed by atoms with van der Waals surface area (Å²) in [6.07, 6.45) is 12.8. The molecule has 0 aromatic heterocycles. The van der Waals surface area contributed by atoms with Gasteiger partial charge in [0.25, 0.3) is 5.91 Å². The van der Waals surface area contributed by atoms with Crippen molar-refractivity contribution in [3.8, 4) is 5.75 Å². The smallest absolute Gasteiger partial charge is 0.255 e. The minimum Gasteiger partial charge on any atom is -0.490 e. The van der Waals surface area contributed by atoms with E-state index in [1.54, 1.807) is 11.0 Å². The Morgan fingerprint density at radius 2 is 1.59 bits per heavy atom. The maximum atomic E-state index is 12.6. The fourth-order valence-corrected chi connectivity index (χ4v) is 6.07. The Kier molecular flexibility index (Phi) is 7.18. The van der Waals surface area contributed by atoms with Gasteiger partial charge in [-0.15, -0.1) is 0 Å². The SMILES string of the molecule is C1CCC(C2CNC2)C1.O=C1CCC(N2Cc3cc(OC4CCCCC4)ccc3C2=O)C(=O)N1. The van der Waals surface area contributed by atoms with Gasteiger partial charge in [0.2, 0.25) is 11.8 Å². The average Bonchev–Trinajstić information content (AvgIpc) is 3.42. The van der Waals surface area contributed by atoms with E-state index in [1.165, 1.54) is 58.0 Å². The van der Waals surface area contributed by atoms with Crippen molar-refractivity contribution in [1.29, 1.82) is 0 Å². The van der Waals surface area contributed by atoms with Crippen molar-refractivity contribution in [3.05, 3.63) is 29.3 Å². The lowest BCUT2D eigenvalue weighted by molar-refractivity contribution is -0.136. The number of benzene rings is 1. The van der Waals surface area contributed by atoms with E-state index in [9.17, 15) is 14.4 Å². The van der Waals surface area contributed by atoms with Crippen LogP contribution in [0.5, 0.6) is 5.75 Å². The van der Waals surface area contributed by atoms with Gasteiger partial charge < -0.3 is 15.0 Å². The highest BCUT2D eigenvalue weighted by Gasteiger charge is 2.39. The van der Waals surface area contributed by atoms with Gasteiger partial charge in [-0.05, 0) is 80.8 Å². The van der Waals surface area contributed by atoms with Crippen LogP contribution in [0.15, 0.2) is 18.2 Å². The number of carbonyl (C=O) groups is 3. The van der Waals surface area contributed by atoms with Crippen molar-refractivity contribution in [3.63, 3.8) is 0 Å². The topological polar surface area (TPSA) is 87.7 Å². The van der Waals surface area contributed by atoms with Crippen LogP contribution < -0.4 is 15.4 Å². The molecule has 0 spiro atoms.